The van der Waals surface area contributed by atoms with E-state index in [1.165, 1.54) is 30.5 Å². The summed E-state index contributed by atoms with van der Waals surface area (Å²) in [7, 11) is 1.86. The van der Waals surface area contributed by atoms with Gasteiger partial charge in [0, 0.05) is 25.7 Å². The lowest BCUT2D eigenvalue weighted by atomic mass is 10.1. The Bertz CT molecular complexity index is 787. The van der Waals surface area contributed by atoms with Gasteiger partial charge in [0.05, 0.1) is 22.5 Å². The van der Waals surface area contributed by atoms with Crippen molar-refractivity contribution in [3.8, 4) is 5.69 Å². The summed E-state index contributed by atoms with van der Waals surface area (Å²) in [6.45, 7) is 5.01. The first-order chi connectivity index (χ1) is 11.3. The van der Waals surface area contributed by atoms with Crippen LogP contribution >= 0.6 is 11.6 Å². The van der Waals surface area contributed by atoms with Gasteiger partial charge in [-0.15, -0.1) is 0 Å². The quantitative estimate of drug-likeness (QED) is 0.590. The summed E-state index contributed by atoms with van der Waals surface area (Å²) in [5, 5.41) is 14.9. The van der Waals surface area contributed by atoms with Gasteiger partial charge in [0.2, 0.25) is 0 Å². The second-order valence-corrected chi connectivity index (χ2v) is 6.32. The van der Waals surface area contributed by atoms with E-state index >= 15 is 0 Å². The Morgan fingerprint density at radius 1 is 1.33 bits per heavy atom. The van der Waals surface area contributed by atoms with Crippen molar-refractivity contribution in [2.75, 3.05) is 18.5 Å². The number of benzene rings is 1. The highest BCUT2D eigenvalue weighted by molar-refractivity contribution is 6.33. The van der Waals surface area contributed by atoms with Gasteiger partial charge in [-0.2, -0.15) is 9.78 Å². The molecule has 0 saturated carbocycles. The van der Waals surface area contributed by atoms with Crippen molar-refractivity contribution in [2.24, 2.45) is 5.92 Å². The molecular formula is C16H19ClN4O3. The van der Waals surface area contributed by atoms with E-state index in [1.807, 2.05) is 11.9 Å². The van der Waals surface area contributed by atoms with Crippen molar-refractivity contribution in [3.05, 3.63) is 56.0 Å². The molecule has 0 aliphatic rings. The zero-order valence-electron chi connectivity index (χ0n) is 13.8. The summed E-state index contributed by atoms with van der Waals surface area (Å²) in [5.41, 5.74) is 0.478. The summed E-state index contributed by atoms with van der Waals surface area (Å²) in [4.78, 5) is 24.6. The number of nitrogens with zero attached hydrogens (tertiary/aromatic N) is 4. The summed E-state index contributed by atoms with van der Waals surface area (Å²) < 4.78 is 1.13. The molecule has 1 heterocycles. The molecule has 0 N–H and O–H groups in total. The molecule has 2 aromatic rings. The largest absolute Gasteiger partial charge is 0.372 e. The maximum atomic E-state index is 12.5. The molecule has 7 nitrogen and oxygen atoms in total. The van der Waals surface area contributed by atoms with E-state index in [-0.39, 0.29) is 10.7 Å². The summed E-state index contributed by atoms with van der Waals surface area (Å²) in [6, 6.07) is 5.57. The highest BCUT2D eigenvalue weighted by Crippen LogP contribution is 2.22. The maximum Gasteiger partial charge on any atom is 0.292 e. The van der Waals surface area contributed by atoms with E-state index in [1.54, 1.807) is 0 Å². The average Bonchev–Trinajstić information content (AvgIpc) is 2.55. The van der Waals surface area contributed by atoms with E-state index in [9.17, 15) is 14.9 Å². The van der Waals surface area contributed by atoms with E-state index in [4.69, 9.17) is 11.6 Å². The van der Waals surface area contributed by atoms with Crippen molar-refractivity contribution < 1.29 is 4.92 Å². The molecule has 2 rings (SSSR count). The predicted molar refractivity (Wildman–Crippen MR) is 94.2 cm³/mol. The van der Waals surface area contributed by atoms with Crippen molar-refractivity contribution in [1.29, 1.82) is 0 Å². The maximum absolute atomic E-state index is 12.5. The first kappa shape index (κ1) is 17.9. The van der Waals surface area contributed by atoms with Gasteiger partial charge in [-0.1, -0.05) is 25.4 Å². The molecule has 128 valence electrons. The van der Waals surface area contributed by atoms with Crippen molar-refractivity contribution in [3.63, 3.8) is 0 Å². The minimum atomic E-state index is -0.500. The van der Waals surface area contributed by atoms with Crippen LogP contribution in [0.2, 0.25) is 5.02 Å². The minimum absolute atomic E-state index is 0.0528. The Kier molecular flexibility index (Phi) is 5.56. The molecule has 1 aromatic heterocycles. The zero-order chi connectivity index (χ0) is 17.9. The molecule has 0 unspecified atom stereocenters. The third-order valence-electron chi connectivity index (χ3n) is 3.66. The minimum Gasteiger partial charge on any atom is -0.372 e. The van der Waals surface area contributed by atoms with Gasteiger partial charge in [0.15, 0.2) is 0 Å². The molecule has 24 heavy (non-hydrogen) atoms. The number of non-ortho nitro benzene ring substituents is 1. The van der Waals surface area contributed by atoms with Gasteiger partial charge in [-0.25, -0.2) is 0 Å². The fourth-order valence-corrected chi connectivity index (χ4v) is 2.44. The number of aromatic nitrogens is 2. The molecule has 8 heteroatoms. The van der Waals surface area contributed by atoms with Gasteiger partial charge in [-0.3, -0.25) is 14.9 Å². The Labute approximate surface area is 144 Å². The zero-order valence-corrected chi connectivity index (χ0v) is 14.5. The molecule has 0 atom stereocenters. The van der Waals surface area contributed by atoms with E-state index < -0.39 is 10.5 Å². The Balaban J connectivity index is 2.32. The van der Waals surface area contributed by atoms with Crippen LogP contribution in [0.3, 0.4) is 0 Å². The number of hydrogen-bond donors (Lipinski definition) is 0. The van der Waals surface area contributed by atoms with Crippen LogP contribution in [0.15, 0.2) is 35.3 Å². The summed E-state index contributed by atoms with van der Waals surface area (Å²) in [5.74, 6) is 0.541. The molecule has 0 fully saturated rings. The van der Waals surface area contributed by atoms with E-state index in [0.717, 1.165) is 17.6 Å². The fraction of sp³-hybridized carbons (Fsp3) is 0.375. The van der Waals surface area contributed by atoms with E-state index in [2.05, 4.69) is 18.9 Å². The van der Waals surface area contributed by atoms with Crippen LogP contribution in [0.4, 0.5) is 11.4 Å². The molecule has 0 aliphatic carbocycles. The lowest BCUT2D eigenvalue weighted by Gasteiger charge is -2.21. The molecule has 0 aliphatic heterocycles. The van der Waals surface area contributed by atoms with E-state index in [0.29, 0.717) is 17.3 Å². The van der Waals surface area contributed by atoms with Crippen LogP contribution in [0.5, 0.6) is 0 Å². The van der Waals surface area contributed by atoms with Gasteiger partial charge in [0.1, 0.15) is 5.02 Å². The van der Waals surface area contributed by atoms with Crippen molar-refractivity contribution in [1.82, 2.24) is 9.78 Å². The summed E-state index contributed by atoms with van der Waals surface area (Å²) in [6.07, 6.45) is 2.50. The number of hydrogen-bond acceptors (Lipinski definition) is 5. The third kappa shape index (κ3) is 3.91. The molecule has 0 radical (unpaired) electrons. The topological polar surface area (TPSA) is 81.3 Å². The Morgan fingerprint density at radius 2 is 1.96 bits per heavy atom. The predicted octanol–water partition coefficient (Wildman–Crippen LogP) is 3.28. The normalized spacial score (nSPS) is 10.9. The second kappa shape index (κ2) is 7.44. The van der Waals surface area contributed by atoms with Gasteiger partial charge in [0.25, 0.3) is 11.2 Å². The summed E-state index contributed by atoms with van der Waals surface area (Å²) >= 11 is 6.22. The lowest BCUT2D eigenvalue weighted by molar-refractivity contribution is -0.384. The molecule has 0 saturated heterocycles. The monoisotopic (exact) mass is 350 g/mol. The Hall–Kier alpha value is -2.41. The number of nitro benzene ring substituents is 1. The second-order valence-electron chi connectivity index (χ2n) is 5.94. The smallest absolute Gasteiger partial charge is 0.292 e. The van der Waals surface area contributed by atoms with Crippen LogP contribution < -0.4 is 10.5 Å². The fourth-order valence-electron chi connectivity index (χ4n) is 2.16. The first-order valence-electron chi connectivity index (χ1n) is 7.55. The van der Waals surface area contributed by atoms with Gasteiger partial charge >= 0.3 is 0 Å². The van der Waals surface area contributed by atoms with Crippen molar-refractivity contribution >= 4 is 23.0 Å². The first-order valence-corrected chi connectivity index (χ1v) is 7.93. The number of anilines is 1. The lowest BCUT2D eigenvalue weighted by Crippen LogP contribution is -2.27. The third-order valence-corrected chi connectivity index (χ3v) is 4.01. The highest BCUT2D eigenvalue weighted by atomic mass is 35.5. The number of rotatable bonds is 6. The SMILES string of the molecule is CC(C)CCN(C)c1cnn(-c2ccc([N+](=O)[O-])cc2)c(=O)c1Cl. The van der Waals surface area contributed by atoms with Crippen molar-refractivity contribution in [2.45, 2.75) is 20.3 Å². The van der Waals surface area contributed by atoms with Crippen LogP contribution in [-0.2, 0) is 0 Å². The van der Waals surface area contributed by atoms with Crippen LogP contribution in [0.1, 0.15) is 20.3 Å². The molecule has 0 spiro atoms. The average molecular weight is 351 g/mol. The number of halogens is 1. The molecular weight excluding hydrogens is 332 g/mol. The van der Waals surface area contributed by atoms with Gasteiger partial charge < -0.3 is 4.90 Å². The molecule has 0 bridgehead atoms. The standard InChI is InChI=1S/C16H19ClN4O3/c1-11(2)8-9-19(3)14-10-18-20(16(22)15(14)17)12-4-6-13(7-5-12)21(23)24/h4-7,10-11H,8-9H2,1-3H3. The Morgan fingerprint density at radius 3 is 2.50 bits per heavy atom. The van der Waals surface area contributed by atoms with Gasteiger partial charge in [-0.05, 0) is 24.5 Å². The number of nitro groups is 1. The molecule has 1 aromatic carbocycles. The van der Waals surface area contributed by atoms with Crippen LogP contribution in [-0.4, -0.2) is 28.3 Å². The highest BCUT2D eigenvalue weighted by Gasteiger charge is 2.15. The van der Waals surface area contributed by atoms with Crippen LogP contribution in [0, 0.1) is 16.0 Å². The van der Waals surface area contributed by atoms with Crippen LogP contribution in [0.25, 0.3) is 5.69 Å². The molecule has 0 amide bonds.